The van der Waals surface area contributed by atoms with Gasteiger partial charge in [-0.3, -0.25) is 14.8 Å². The van der Waals surface area contributed by atoms with Crippen molar-refractivity contribution < 1.29 is 27.8 Å². The molecule has 1 aliphatic rings. The van der Waals surface area contributed by atoms with Crippen LogP contribution in [-0.4, -0.2) is 25.9 Å². The van der Waals surface area contributed by atoms with Crippen LogP contribution in [0.3, 0.4) is 0 Å². The second kappa shape index (κ2) is 8.10. The van der Waals surface area contributed by atoms with E-state index < -0.39 is 11.7 Å². The lowest BCUT2D eigenvalue weighted by molar-refractivity contribution is -0.137. The Morgan fingerprint density at radius 3 is 2.58 bits per heavy atom. The van der Waals surface area contributed by atoms with E-state index in [1.165, 1.54) is 60.0 Å². The maximum atomic E-state index is 13.1. The van der Waals surface area contributed by atoms with E-state index in [9.17, 15) is 23.1 Å². The zero-order chi connectivity index (χ0) is 22.0. The minimum absolute atomic E-state index is 0.0291. The molecular weight excluding hydrogens is 411 g/mol. The molecule has 6 nitrogen and oxygen atoms in total. The summed E-state index contributed by atoms with van der Waals surface area (Å²) in [7, 11) is 0. The van der Waals surface area contributed by atoms with Crippen molar-refractivity contribution in [2.45, 2.75) is 19.1 Å². The highest BCUT2D eigenvalue weighted by Crippen LogP contribution is 2.32. The quantitative estimate of drug-likeness (QED) is 0.633. The number of halogens is 3. The molecular formula is C22H16F3N3O3. The number of carbonyl (C=O) groups excluding carboxylic acids is 1. The van der Waals surface area contributed by atoms with E-state index in [1.807, 2.05) is 0 Å². The number of hydrogen-bond acceptors (Lipinski definition) is 5. The monoisotopic (exact) mass is 427 g/mol. The summed E-state index contributed by atoms with van der Waals surface area (Å²) in [5.41, 5.74) is 0.664. The van der Waals surface area contributed by atoms with Crippen molar-refractivity contribution in [2.75, 3.05) is 0 Å². The van der Waals surface area contributed by atoms with Gasteiger partial charge in [-0.1, -0.05) is 12.1 Å². The van der Waals surface area contributed by atoms with Gasteiger partial charge < -0.3 is 14.7 Å². The van der Waals surface area contributed by atoms with E-state index in [4.69, 9.17) is 4.74 Å². The first-order chi connectivity index (χ1) is 14.8. The van der Waals surface area contributed by atoms with Crippen molar-refractivity contribution in [2.24, 2.45) is 0 Å². The van der Waals surface area contributed by atoms with Crippen LogP contribution in [0, 0.1) is 0 Å². The number of phenolic OH excluding ortho intramolecular Hbond substituents is 1. The summed E-state index contributed by atoms with van der Waals surface area (Å²) in [6, 6.07) is 10.8. The van der Waals surface area contributed by atoms with Crippen LogP contribution in [0.2, 0.25) is 0 Å². The summed E-state index contributed by atoms with van der Waals surface area (Å²) >= 11 is 0. The molecule has 3 aromatic rings. The third kappa shape index (κ3) is 4.50. The molecule has 1 aromatic heterocycles. The van der Waals surface area contributed by atoms with Gasteiger partial charge in [0, 0.05) is 12.4 Å². The molecule has 0 radical (unpaired) electrons. The standard InChI is InChI=1S/C22H16F3N3O3/c23-22(24,25)15-3-1-2-14(10-15)12-28-19(13-31-17-6-4-16(29)5-7-17)21-18(11-20(28)30)26-8-9-27-21/h1-10,13,29H,11-12H2/b19-13+. The molecule has 0 aliphatic carbocycles. The molecule has 1 N–H and O–H groups in total. The fourth-order valence-electron chi connectivity index (χ4n) is 3.18. The smallest absolute Gasteiger partial charge is 0.416 e. The number of aromatic hydroxyl groups is 1. The van der Waals surface area contributed by atoms with Crippen molar-refractivity contribution in [3.05, 3.63) is 89.7 Å². The molecule has 0 bridgehead atoms. The number of rotatable bonds is 4. The molecule has 2 aromatic carbocycles. The molecule has 0 saturated heterocycles. The lowest BCUT2D eigenvalue weighted by Gasteiger charge is -2.30. The van der Waals surface area contributed by atoms with E-state index in [0.29, 0.717) is 22.7 Å². The Kier molecular flexibility index (Phi) is 5.33. The molecule has 9 heteroatoms. The molecule has 1 amide bonds. The number of phenols is 1. The van der Waals surface area contributed by atoms with E-state index >= 15 is 0 Å². The van der Waals surface area contributed by atoms with E-state index in [1.54, 1.807) is 0 Å². The van der Waals surface area contributed by atoms with Gasteiger partial charge in [-0.25, -0.2) is 0 Å². The highest BCUT2D eigenvalue weighted by molar-refractivity contribution is 5.91. The Morgan fingerprint density at radius 2 is 1.84 bits per heavy atom. The Hall–Kier alpha value is -3.88. The summed E-state index contributed by atoms with van der Waals surface area (Å²) < 4.78 is 44.9. The van der Waals surface area contributed by atoms with E-state index in [0.717, 1.165) is 12.1 Å². The first-order valence-electron chi connectivity index (χ1n) is 9.24. The van der Waals surface area contributed by atoms with Crippen LogP contribution in [0.25, 0.3) is 5.70 Å². The van der Waals surface area contributed by atoms with Gasteiger partial charge in [-0.15, -0.1) is 0 Å². The number of carbonyl (C=O) groups is 1. The van der Waals surface area contributed by atoms with Gasteiger partial charge in [0.15, 0.2) is 0 Å². The molecule has 158 valence electrons. The average molecular weight is 427 g/mol. The van der Waals surface area contributed by atoms with Crippen LogP contribution in [0.15, 0.2) is 67.2 Å². The summed E-state index contributed by atoms with van der Waals surface area (Å²) in [5.74, 6) is 0.119. The molecule has 0 spiro atoms. The number of fused-ring (bicyclic) bond motifs is 1. The van der Waals surface area contributed by atoms with Crippen LogP contribution >= 0.6 is 0 Å². The largest absolute Gasteiger partial charge is 0.508 e. The lowest BCUT2D eigenvalue weighted by atomic mass is 10.0. The third-order valence-electron chi connectivity index (χ3n) is 4.67. The van der Waals surface area contributed by atoms with Crippen molar-refractivity contribution in [3.63, 3.8) is 0 Å². The SMILES string of the molecule is O=C1Cc2nccnc2/C(=C\Oc2ccc(O)cc2)N1Cc1cccc(C(F)(F)F)c1. The minimum atomic E-state index is -4.49. The maximum absolute atomic E-state index is 13.1. The van der Waals surface area contributed by atoms with Crippen molar-refractivity contribution in [3.8, 4) is 11.5 Å². The molecule has 2 heterocycles. The Morgan fingerprint density at radius 1 is 1.10 bits per heavy atom. The highest BCUT2D eigenvalue weighted by Gasteiger charge is 2.33. The molecule has 0 saturated carbocycles. The summed E-state index contributed by atoms with van der Waals surface area (Å²) in [6.07, 6.45) is -0.275. The fourth-order valence-corrected chi connectivity index (χ4v) is 3.18. The third-order valence-corrected chi connectivity index (χ3v) is 4.67. The summed E-state index contributed by atoms with van der Waals surface area (Å²) in [4.78, 5) is 22.6. The molecule has 4 rings (SSSR count). The zero-order valence-electron chi connectivity index (χ0n) is 16.0. The maximum Gasteiger partial charge on any atom is 0.416 e. The second-order valence-electron chi connectivity index (χ2n) is 6.82. The molecule has 31 heavy (non-hydrogen) atoms. The number of hydrogen-bond donors (Lipinski definition) is 1. The van der Waals surface area contributed by atoms with Crippen LogP contribution in [0.5, 0.6) is 11.5 Å². The van der Waals surface area contributed by atoms with Gasteiger partial charge in [0.05, 0.1) is 24.2 Å². The Balaban J connectivity index is 1.70. The van der Waals surface area contributed by atoms with E-state index in [2.05, 4.69) is 9.97 Å². The number of alkyl halides is 3. The first-order valence-corrected chi connectivity index (χ1v) is 9.24. The van der Waals surface area contributed by atoms with Crippen LogP contribution < -0.4 is 4.74 Å². The zero-order valence-corrected chi connectivity index (χ0v) is 16.0. The van der Waals surface area contributed by atoms with Crippen LogP contribution in [0.4, 0.5) is 13.2 Å². The normalized spacial score (nSPS) is 15.1. The van der Waals surface area contributed by atoms with Gasteiger partial charge >= 0.3 is 6.18 Å². The predicted octanol–water partition coefficient (Wildman–Crippen LogP) is 4.16. The number of ether oxygens (including phenoxy) is 1. The second-order valence-corrected chi connectivity index (χ2v) is 6.82. The van der Waals surface area contributed by atoms with Crippen molar-refractivity contribution >= 4 is 11.6 Å². The van der Waals surface area contributed by atoms with Gasteiger partial charge in [-0.2, -0.15) is 13.2 Å². The van der Waals surface area contributed by atoms with Gasteiger partial charge in [0.25, 0.3) is 0 Å². The molecule has 1 aliphatic heterocycles. The molecule has 0 unspecified atom stereocenters. The summed E-state index contributed by atoms with van der Waals surface area (Å²) in [5, 5.41) is 9.40. The fraction of sp³-hybridized carbons (Fsp3) is 0.136. The van der Waals surface area contributed by atoms with Gasteiger partial charge in [-0.05, 0) is 42.0 Å². The first kappa shape index (κ1) is 20.4. The minimum Gasteiger partial charge on any atom is -0.508 e. The number of aromatic nitrogens is 2. The topological polar surface area (TPSA) is 75.5 Å². The van der Waals surface area contributed by atoms with Crippen LogP contribution in [-0.2, 0) is 23.9 Å². The predicted molar refractivity (Wildman–Crippen MR) is 104 cm³/mol. The average Bonchev–Trinajstić information content (AvgIpc) is 2.74. The Bertz CT molecular complexity index is 1140. The number of amides is 1. The number of nitrogens with zero attached hydrogens (tertiary/aromatic N) is 3. The van der Waals surface area contributed by atoms with Gasteiger partial charge in [0.2, 0.25) is 5.91 Å². The van der Waals surface area contributed by atoms with Gasteiger partial charge in [0.1, 0.15) is 29.2 Å². The molecule has 0 atom stereocenters. The van der Waals surface area contributed by atoms with E-state index in [-0.39, 0.29) is 30.3 Å². The number of benzene rings is 2. The summed E-state index contributed by atoms with van der Waals surface area (Å²) in [6.45, 7) is -0.0937. The highest BCUT2D eigenvalue weighted by atomic mass is 19.4. The van der Waals surface area contributed by atoms with Crippen molar-refractivity contribution in [1.82, 2.24) is 14.9 Å². The Labute approximate surface area is 175 Å². The van der Waals surface area contributed by atoms with Crippen molar-refractivity contribution in [1.29, 1.82) is 0 Å². The van der Waals surface area contributed by atoms with Crippen LogP contribution in [0.1, 0.15) is 22.5 Å². The molecule has 0 fully saturated rings. The lowest BCUT2D eigenvalue weighted by Crippen LogP contribution is -2.36.